The van der Waals surface area contributed by atoms with Gasteiger partial charge in [0.1, 0.15) is 4.90 Å². The number of hydrogen-bond donors (Lipinski definition) is 0. The number of likely N-dealkylation sites (N-methyl/N-ethyl adjacent to an activating group) is 1. The maximum atomic E-state index is 12.8. The zero-order chi connectivity index (χ0) is 21.1. The van der Waals surface area contributed by atoms with Crippen LogP contribution in [-0.2, 0) is 15.8 Å². The van der Waals surface area contributed by atoms with Crippen molar-refractivity contribution in [2.24, 2.45) is 0 Å². The van der Waals surface area contributed by atoms with Gasteiger partial charge >= 0.3 is 0 Å². The first kappa shape index (κ1) is 21.0. The summed E-state index contributed by atoms with van der Waals surface area (Å²) in [5.41, 5.74) is 2.04. The minimum Gasteiger partial charge on any atom is -0.334 e. The molecule has 1 saturated heterocycles. The van der Waals surface area contributed by atoms with Crippen molar-refractivity contribution in [3.63, 3.8) is 0 Å². The summed E-state index contributed by atoms with van der Waals surface area (Å²) in [6, 6.07) is 11.2. The van der Waals surface area contributed by atoms with Gasteiger partial charge in [-0.2, -0.15) is 9.29 Å². The molecule has 0 unspecified atom stereocenters. The second-order valence-corrected chi connectivity index (χ2v) is 10.1. The summed E-state index contributed by atoms with van der Waals surface area (Å²) in [6.07, 6.45) is 1.42. The minimum atomic E-state index is -3.50. The summed E-state index contributed by atoms with van der Waals surface area (Å²) in [5, 5.41) is 4.72. The van der Waals surface area contributed by atoms with Crippen LogP contribution in [0.1, 0.15) is 11.4 Å². The Labute approximate surface area is 180 Å². The molecule has 4 rings (SSSR count). The Morgan fingerprint density at radius 3 is 2.47 bits per heavy atom. The van der Waals surface area contributed by atoms with E-state index in [-0.39, 0.29) is 4.90 Å². The van der Waals surface area contributed by atoms with Crippen LogP contribution in [0.4, 0.5) is 0 Å². The second kappa shape index (κ2) is 8.84. The van der Waals surface area contributed by atoms with Gasteiger partial charge in [0.25, 0.3) is 5.89 Å². The van der Waals surface area contributed by atoms with Crippen LogP contribution in [-0.4, -0.2) is 66.0 Å². The molecule has 8 nitrogen and oxygen atoms in total. The Bertz CT molecular complexity index is 1090. The number of thioether (sulfide) groups is 1. The van der Waals surface area contributed by atoms with Gasteiger partial charge in [0.15, 0.2) is 5.82 Å². The second-order valence-electron chi connectivity index (χ2n) is 7.21. The number of aromatic nitrogens is 3. The van der Waals surface area contributed by atoms with Crippen LogP contribution in [0.15, 0.2) is 57.0 Å². The largest absolute Gasteiger partial charge is 0.334 e. The van der Waals surface area contributed by atoms with Gasteiger partial charge in [-0.1, -0.05) is 34.6 Å². The molecule has 0 amide bonds. The Morgan fingerprint density at radius 2 is 1.80 bits per heavy atom. The van der Waals surface area contributed by atoms with E-state index in [0.717, 1.165) is 18.7 Å². The highest BCUT2D eigenvalue weighted by atomic mass is 32.2. The van der Waals surface area contributed by atoms with Gasteiger partial charge in [-0.25, -0.2) is 13.4 Å². The molecular weight excluding hydrogens is 422 g/mol. The first-order valence-electron chi connectivity index (χ1n) is 9.59. The van der Waals surface area contributed by atoms with E-state index in [4.69, 9.17) is 4.52 Å². The number of nitrogens with zero attached hydrogens (tertiary/aromatic N) is 5. The summed E-state index contributed by atoms with van der Waals surface area (Å²) >= 11 is 1.43. The van der Waals surface area contributed by atoms with E-state index in [1.54, 1.807) is 12.1 Å². The van der Waals surface area contributed by atoms with Crippen molar-refractivity contribution in [1.82, 2.24) is 24.3 Å². The molecule has 0 radical (unpaired) electrons. The Kier molecular flexibility index (Phi) is 6.19. The van der Waals surface area contributed by atoms with Gasteiger partial charge in [-0.05, 0) is 38.2 Å². The lowest BCUT2D eigenvalue weighted by Crippen LogP contribution is -2.47. The van der Waals surface area contributed by atoms with Crippen molar-refractivity contribution in [3.8, 4) is 11.5 Å². The summed E-state index contributed by atoms with van der Waals surface area (Å²) < 4.78 is 32.4. The predicted octanol–water partition coefficient (Wildman–Crippen LogP) is 2.67. The lowest BCUT2D eigenvalue weighted by atomic mass is 10.1. The molecule has 0 atom stereocenters. The van der Waals surface area contributed by atoms with Crippen molar-refractivity contribution in [2.45, 2.75) is 22.6 Å². The molecule has 30 heavy (non-hydrogen) atoms. The van der Waals surface area contributed by atoms with E-state index < -0.39 is 10.0 Å². The molecule has 0 aliphatic carbocycles. The minimum absolute atomic E-state index is 0.220. The summed E-state index contributed by atoms with van der Waals surface area (Å²) in [6.45, 7) is 4.48. The molecule has 1 aliphatic rings. The topological polar surface area (TPSA) is 92.4 Å². The van der Waals surface area contributed by atoms with Gasteiger partial charge in [0.05, 0.1) is 10.8 Å². The number of sulfonamides is 1. The third kappa shape index (κ3) is 4.72. The van der Waals surface area contributed by atoms with E-state index in [1.165, 1.54) is 27.8 Å². The highest BCUT2D eigenvalue weighted by Crippen LogP contribution is 2.24. The van der Waals surface area contributed by atoms with Crippen LogP contribution in [0.2, 0.25) is 0 Å². The Balaban J connectivity index is 1.38. The maximum absolute atomic E-state index is 12.8. The average molecular weight is 446 g/mol. The molecule has 0 spiro atoms. The molecular formula is C20H23N5O3S2. The highest BCUT2D eigenvalue weighted by Gasteiger charge is 2.27. The van der Waals surface area contributed by atoms with Crippen LogP contribution in [0.25, 0.3) is 11.5 Å². The van der Waals surface area contributed by atoms with Crippen LogP contribution in [0.5, 0.6) is 0 Å². The van der Waals surface area contributed by atoms with Gasteiger partial charge < -0.3 is 9.42 Å². The molecule has 158 valence electrons. The van der Waals surface area contributed by atoms with Crippen molar-refractivity contribution in [3.05, 3.63) is 54.0 Å². The number of benzene rings is 1. The molecule has 3 aromatic rings. The molecule has 0 N–H and O–H groups in total. The number of rotatable bonds is 6. The van der Waals surface area contributed by atoms with Crippen LogP contribution < -0.4 is 0 Å². The van der Waals surface area contributed by atoms with E-state index in [2.05, 4.69) is 20.0 Å². The Morgan fingerprint density at radius 1 is 1.07 bits per heavy atom. The lowest BCUT2D eigenvalue weighted by molar-refractivity contribution is 0.222. The monoisotopic (exact) mass is 445 g/mol. The third-order valence-electron chi connectivity index (χ3n) is 4.92. The SMILES string of the molecule is Cc1ccc(-c2nc(CSc3ccc(S(=O)(=O)N4CCN(C)CC4)cn3)no2)cc1. The molecule has 0 bridgehead atoms. The van der Waals surface area contributed by atoms with Gasteiger partial charge in [-0.3, -0.25) is 0 Å². The zero-order valence-corrected chi connectivity index (χ0v) is 18.5. The fourth-order valence-corrected chi connectivity index (χ4v) is 5.10. The quantitative estimate of drug-likeness (QED) is 0.535. The number of pyridine rings is 1. The molecule has 2 aromatic heterocycles. The molecule has 1 aromatic carbocycles. The fourth-order valence-electron chi connectivity index (χ4n) is 3.05. The summed E-state index contributed by atoms with van der Waals surface area (Å²) in [4.78, 5) is 11.1. The summed E-state index contributed by atoms with van der Waals surface area (Å²) in [7, 11) is -1.51. The third-order valence-corrected chi connectivity index (χ3v) is 7.75. The lowest BCUT2D eigenvalue weighted by Gasteiger charge is -2.31. The Hall–Kier alpha value is -2.27. The van der Waals surface area contributed by atoms with Crippen LogP contribution in [0.3, 0.4) is 0 Å². The number of piperazine rings is 1. The fraction of sp³-hybridized carbons (Fsp3) is 0.350. The molecule has 3 heterocycles. The molecule has 1 fully saturated rings. The van der Waals surface area contributed by atoms with Crippen molar-refractivity contribution in [1.29, 1.82) is 0 Å². The molecule has 1 aliphatic heterocycles. The molecule has 0 saturated carbocycles. The van der Waals surface area contributed by atoms with Crippen LogP contribution >= 0.6 is 11.8 Å². The first-order valence-corrected chi connectivity index (χ1v) is 12.0. The summed E-state index contributed by atoms with van der Waals surface area (Å²) in [5.74, 6) is 1.52. The zero-order valence-electron chi connectivity index (χ0n) is 16.9. The van der Waals surface area contributed by atoms with Crippen molar-refractivity contribution < 1.29 is 12.9 Å². The van der Waals surface area contributed by atoms with E-state index in [1.807, 2.05) is 38.2 Å². The molecule has 10 heteroatoms. The van der Waals surface area contributed by atoms with Gasteiger partial charge in [-0.15, -0.1) is 0 Å². The van der Waals surface area contributed by atoms with Crippen molar-refractivity contribution in [2.75, 3.05) is 33.2 Å². The highest BCUT2D eigenvalue weighted by molar-refractivity contribution is 7.98. The van der Waals surface area contributed by atoms with E-state index >= 15 is 0 Å². The van der Waals surface area contributed by atoms with Crippen LogP contribution in [0, 0.1) is 6.92 Å². The smallest absolute Gasteiger partial charge is 0.257 e. The number of aryl methyl sites for hydroxylation is 1. The average Bonchev–Trinajstić information content (AvgIpc) is 3.22. The number of hydrogen-bond acceptors (Lipinski definition) is 8. The standard InChI is InChI=1S/C20H23N5O3S2/c1-15-3-5-16(6-4-15)20-22-18(23-28-20)14-29-19-8-7-17(13-21-19)30(26,27)25-11-9-24(2)10-12-25/h3-8,13H,9-12,14H2,1-2H3. The first-order chi connectivity index (χ1) is 14.4. The van der Waals surface area contributed by atoms with Gasteiger partial charge in [0.2, 0.25) is 10.0 Å². The van der Waals surface area contributed by atoms with Crippen molar-refractivity contribution >= 4 is 21.8 Å². The van der Waals surface area contributed by atoms with E-state index in [9.17, 15) is 8.42 Å². The van der Waals surface area contributed by atoms with Gasteiger partial charge in [0, 0.05) is 37.9 Å². The predicted molar refractivity (Wildman–Crippen MR) is 115 cm³/mol. The van der Waals surface area contributed by atoms with E-state index in [0.29, 0.717) is 35.6 Å². The maximum Gasteiger partial charge on any atom is 0.257 e. The normalized spacial score (nSPS) is 16.1.